The van der Waals surface area contributed by atoms with E-state index < -0.39 is 0 Å². The van der Waals surface area contributed by atoms with Gasteiger partial charge in [0.15, 0.2) is 5.82 Å². The Bertz CT molecular complexity index is 1010. The summed E-state index contributed by atoms with van der Waals surface area (Å²) in [6, 6.07) is 14.4. The highest BCUT2D eigenvalue weighted by atomic mass is 32.1. The van der Waals surface area contributed by atoms with E-state index in [1.54, 1.807) is 23.7 Å². The number of aryl methyl sites for hydroxylation is 2. The molecule has 1 N–H and O–H groups in total. The topological polar surface area (TPSA) is 50.7 Å². The van der Waals surface area contributed by atoms with Crippen LogP contribution < -0.4 is 5.32 Å². The Hall–Kier alpha value is -2.79. The van der Waals surface area contributed by atoms with Gasteiger partial charge in [0.2, 0.25) is 0 Å². The summed E-state index contributed by atoms with van der Waals surface area (Å²) in [7, 11) is 0. The Morgan fingerprint density at radius 3 is 2.64 bits per heavy atom. The molecule has 3 heterocycles. The second-order valence-electron chi connectivity index (χ2n) is 5.91. The number of thiophene rings is 1. The summed E-state index contributed by atoms with van der Waals surface area (Å²) in [5.41, 5.74) is 3.17. The second kappa shape index (κ2) is 6.61. The van der Waals surface area contributed by atoms with E-state index in [2.05, 4.69) is 54.5 Å². The van der Waals surface area contributed by atoms with Crippen LogP contribution >= 0.6 is 11.3 Å². The van der Waals surface area contributed by atoms with Crippen LogP contribution in [-0.2, 0) is 6.42 Å². The average Bonchev–Trinajstić information content (AvgIpc) is 3.08. The maximum Gasteiger partial charge on any atom is 0.164 e. The quantitative estimate of drug-likeness (QED) is 0.540. The average molecular weight is 346 g/mol. The zero-order chi connectivity index (χ0) is 17.2. The monoisotopic (exact) mass is 346 g/mol. The van der Waals surface area contributed by atoms with Gasteiger partial charge in [0, 0.05) is 28.5 Å². The predicted octanol–water partition coefficient (Wildman–Crippen LogP) is 5.37. The van der Waals surface area contributed by atoms with Gasteiger partial charge in [-0.3, -0.25) is 4.98 Å². The minimum absolute atomic E-state index is 0.694. The van der Waals surface area contributed by atoms with Gasteiger partial charge in [0.05, 0.1) is 5.39 Å². The van der Waals surface area contributed by atoms with Crippen LogP contribution in [0.15, 0.2) is 54.9 Å². The van der Waals surface area contributed by atoms with Crippen LogP contribution in [0, 0.1) is 6.92 Å². The number of hydrogen-bond donors (Lipinski definition) is 1. The van der Waals surface area contributed by atoms with Crippen LogP contribution in [0.1, 0.15) is 17.4 Å². The SMILES string of the molecule is CCc1cc2c(Nc3ccc(C)cc3)nc(-c3cccnc3)nc2s1. The zero-order valence-corrected chi connectivity index (χ0v) is 15.0. The van der Waals surface area contributed by atoms with Crippen molar-refractivity contribution in [2.75, 3.05) is 5.32 Å². The summed E-state index contributed by atoms with van der Waals surface area (Å²) in [4.78, 5) is 16.0. The molecule has 4 nitrogen and oxygen atoms in total. The van der Waals surface area contributed by atoms with Crippen LogP contribution in [0.5, 0.6) is 0 Å². The molecule has 0 atom stereocenters. The first-order valence-electron chi connectivity index (χ1n) is 8.27. The standard InChI is InChI=1S/C20H18N4S/c1-3-16-11-17-19(22-15-8-6-13(2)7-9-15)23-18(24-20(17)25-16)14-5-4-10-21-12-14/h4-12H,3H2,1-2H3,(H,22,23,24). The van der Waals surface area contributed by atoms with Gasteiger partial charge in [0.25, 0.3) is 0 Å². The number of benzene rings is 1. The normalized spacial score (nSPS) is 11.0. The van der Waals surface area contributed by atoms with E-state index in [1.165, 1.54) is 10.4 Å². The fraction of sp³-hybridized carbons (Fsp3) is 0.150. The van der Waals surface area contributed by atoms with Crippen molar-refractivity contribution < 1.29 is 0 Å². The lowest BCUT2D eigenvalue weighted by Crippen LogP contribution is -1.98. The number of rotatable bonds is 4. The molecular formula is C20H18N4S. The van der Waals surface area contributed by atoms with Crippen LogP contribution in [0.2, 0.25) is 0 Å². The summed E-state index contributed by atoms with van der Waals surface area (Å²) < 4.78 is 0. The molecule has 25 heavy (non-hydrogen) atoms. The molecule has 0 unspecified atom stereocenters. The Morgan fingerprint density at radius 2 is 1.92 bits per heavy atom. The fourth-order valence-corrected chi connectivity index (χ4v) is 3.61. The Labute approximate surface area is 150 Å². The minimum atomic E-state index is 0.694. The number of nitrogens with zero attached hydrogens (tertiary/aromatic N) is 3. The number of pyridine rings is 1. The van der Waals surface area contributed by atoms with Crippen molar-refractivity contribution in [3.8, 4) is 11.4 Å². The van der Waals surface area contributed by atoms with Gasteiger partial charge in [-0.15, -0.1) is 11.3 Å². The molecule has 124 valence electrons. The summed E-state index contributed by atoms with van der Waals surface area (Å²) in [6.45, 7) is 4.24. The first-order valence-corrected chi connectivity index (χ1v) is 9.09. The van der Waals surface area contributed by atoms with E-state index >= 15 is 0 Å². The maximum atomic E-state index is 4.78. The van der Waals surface area contributed by atoms with E-state index in [-0.39, 0.29) is 0 Å². The second-order valence-corrected chi connectivity index (χ2v) is 7.03. The van der Waals surface area contributed by atoms with Crippen molar-refractivity contribution in [3.05, 3.63) is 65.3 Å². The van der Waals surface area contributed by atoms with E-state index in [0.717, 1.165) is 33.7 Å². The lowest BCUT2D eigenvalue weighted by atomic mass is 10.2. The molecule has 3 aromatic heterocycles. The smallest absolute Gasteiger partial charge is 0.164 e. The fourth-order valence-electron chi connectivity index (χ4n) is 2.64. The van der Waals surface area contributed by atoms with Crippen molar-refractivity contribution in [3.63, 3.8) is 0 Å². The van der Waals surface area contributed by atoms with Gasteiger partial charge in [-0.2, -0.15) is 0 Å². The maximum absolute atomic E-state index is 4.78. The molecule has 0 aliphatic heterocycles. The minimum Gasteiger partial charge on any atom is -0.340 e. The van der Waals surface area contributed by atoms with Gasteiger partial charge < -0.3 is 5.32 Å². The van der Waals surface area contributed by atoms with Crippen molar-refractivity contribution in [1.29, 1.82) is 0 Å². The third kappa shape index (κ3) is 3.23. The summed E-state index contributed by atoms with van der Waals surface area (Å²) >= 11 is 1.72. The molecule has 0 radical (unpaired) electrons. The molecule has 0 spiro atoms. The summed E-state index contributed by atoms with van der Waals surface area (Å²) in [6.07, 6.45) is 4.55. The molecule has 0 bridgehead atoms. The molecule has 0 amide bonds. The number of nitrogens with one attached hydrogen (secondary N) is 1. The molecule has 4 rings (SSSR count). The van der Waals surface area contributed by atoms with Crippen LogP contribution in [0.25, 0.3) is 21.6 Å². The Balaban J connectivity index is 1.85. The molecule has 0 aliphatic rings. The lowest BCUT2D eigenvalue weighted by Gasteiger charge is -2.09. The van der Waals surface area contributed by atoms with Crippen molar-refractivity contribution in [2.24, 2.45) is 0 Å². The van der Waals surface area contributed by atoms with Crippen LogP contribution in [-0.4, -0.2) is 15.0 Å². The number of fused-ring (bicyclic) bond motifs is 1. The van der Waals surface area contributed by atoms with Gasteiger partial charge in [-0.05, 0) is 43.7 Å². The zero-order valence-electron chi connectivity index (χ0n) is 14.2. The van der Waals surface area contributed by atoms with Crippen LogP contribution in [0.3, 0.4) is 0 Å². The first kappa shape index (κ1) is 15.7. The number of anilines is 2. The van der Waals surface area contributed by atoms with Crippen molar-refractivity contribution in [2.45, 2.75) is 20.3 Å². The van der Waals surface area contributed by atoms with Crippen molar-refractivity contribution >= 4 is 33.1 Å². The van der Waals surface area contributed by atoms with Gasteiger partial charge in [-0.1, -0.05) is 24.6 Å². The summed E-state index contributed by atoms with van der Waals surface area (Å²) in [5, 5.41) is 4.52. The third-order valence-corrected chi connectivity index (χ3v) is 5.20. The van der Waals surface area contributed by atoms with Gasteiger partial charge >= 0.3 is 0 Å². The summed E-state index contributed by atoms with van der Waals surface area (Å²) in [5.74, 6) is 1.53. The number of hydrogen-bond acceptors (Lipinski definition) is 5. The van der Waals surface area contributed by atoms with E-state index in [1.807, 2.05) is 12.1 Å². The molecule has 1 aromatic carbocycles. The van der Waals surface area contributed by atoms with Crippen molar-refractivity contribution in [1.82, 2.24) is 15.0 Å². The van der Waals surface area contributed by atoms with E-state index in [9.17, 15) is 0 Å². The number of aromatic nitrogens is 3. The molecule has 0 fully saturated rings. The Kier molecular flexibility index (Phi) is 4.15. The third-order valence-electron chi connectivity index (χ3n) is 4.03. The molecule has 4 aromatic rings. The van der Waals surface area contributed by atoms with E-state index in [0.29, 0.717) is 5.82 Å². The van der Waals surface area contributed by atoms with E-state index in [4.69, 9.17) is 9.97 Å². The highest BCUT2D eigenvalue weighted by molar-refractivity contribution is 7.18. The van der Waals surface area contributed by atoms with Crippen LogP contribution in [0.4, 0.5) is 11.5 Å². The largest absolute Gasteiger partial charge is 0.340 e. The first-order chi connectivity index (χ1) is 12.2. The predicted molar refractivity (Wildman–Crippen MR) is 104 cm³/mol. The Morgan fingerprint density at radius 1 is 1.08 bits per heavy atom. The van der Waals surface area contributed by atoms with Gasteiger partial charge in [0.1, 0.15) is 10.6 Å². The highest BCUT2D eigenvalue weighted by Gasteiger charge is 2.13. The van der Waals surface area contributed by atoms with Gasteiger partial charge in [-0.25, -0.2) is 9.97 Å². The lowest BCUT2D eigenvalue weighted by molar-refractivity contribution is 1.19. The highest BCUT2D eigenvalue weighted by Crippen LogP contribution is 2.33. The molecule has 0 saturated heterocycles. The molecule has 0 saturated carbocycles. The molecular weight excluding hydrogens is 328 g/mol. The molecule has 0 aliphatic carbocycles. The molecule has 5 heteroatoms.